The summed E-state index contributed by atoms with van der Waals surface area (Å²) in [5.74, 6) is 1.90. The Labute approximate surface area is 113 Å². The molecule has 0 amide bonds. The quantitative estimate of drug-likeness (QED) is 0.752. The fraction of sp³-hybridized carbons (Fsp3) is 1.00. The van der Waals surface area contributed by atoms with Crippen LogP contribution in [0.4, 0.5) is 0 Å². The molecule has 0 aromatic carbocycles. The van der Waals surface area contributed by atoms with Gasteiger partial charge in [-0.15, -0.1) is 0 Å². The highest BCUT2D eigenvalue weighted by Crippen LogP contribution is 2.30. The number of rotatable bonds is 4. The average molecular weight is 253 g/mol. The Kier molecular flexibility index (Phi) is 5.97. The summed E-state index contributed by atoms with van der Waals surface area (Å²) in [5, 5.41) is 13.7. The van der Waals surface area contributed by atoms with E-state index in [0.717, 1.165) is 24.8 Å². The van der Waals surface area contributed by atoms with Crippen LogP contribution in [-0.4, -0.2) is 23.8 Å². The molecule has 0 bridgehead atoms. The van der Waals surface area contributed by atoms with Crippen LogP contribution in [0, 0.1) is 11.8 Å². The van der Waals surface area contributed by atoms with Crippen molar-refractivity contribution >= 4 is 0 Å². The lowest BCUT2D eigenvalue weighted by molar-refractivity contribution is 0.118. The molecule has 2 saturated carbocycles. The largest absolute Gasteiger partial charge is 0.392 e. The lowest BCUT2D eigenvalue weighted by Crippen LogP contribution is -2.40. The van der Waals surface area contributed by atoms with E-state index in [1.54, 1.807) is 0 Å². The van der Waals surface area contributed by atoms with Crippen LogP contribution < -0.4 is 5.32 Å². The number of aliphatic hydroxyl groups excluding tert-OH is 1. The van der Waals surface area contributed by atoms with Crippen molar-refractivity contribution in [3.63, 3.8) is 0 Å². The molecule has 2 atom stereocenters. The van der Waals surface area contributed by atoms with E-state index in [-0.39, 0.29) is 6.10 Å². The van der Waals surface area contributed by atoms with Crippen molar-refractivity contribution in [1.82, 2.24) is 5.32 Å². The van der Waals surface area contributed by atoms with E-state index in [1.807, 2.05) is 0 Å². The predicted octanol–water partition coefficient (Wildman–Crippen LogP) is 3.49. The Morgan fingerprint density at radius 3 is 2.44 bits per heavy atom. The van der Waals surface area contributed by atoms with Gasteiger partial charge in [0.15, 0.2) is 0 Å². The van der Waals surface area contributed by atoms with Crippen LogP contribution >= 0.6 is 0 Å². The fourth-order valence-corrected chi connectivity index (χ4v) is 3.62. The maximum atomic E-state index is 10.1. The first-order valence-electron chi connectivity index (χ1n) is 8.17. The molecule has 0 aromatic heterocycles. The van der Waals surface area contributed by atoms with Crippen molar-refractivity contribution in [2.45, 2.75) is 83.3 Å². The molecule has 2 N–H and O–H groups in total. The third kappa shape index (κ3) is 4.55. The van der Waals surface area contributed by atoms with Gasteiger partial charge in [-0.1, -0.05) is 51.9 Å². The molecule has 2 fully saturated rings. The Balaban J connectivity index is 1.62. The second-order valence-corrected chi connectivity index (χ2v) is 6.68. The van der Waals surface area contributed by atoms with Gasteiger partial charge in [0.05, 0.1) is 6.10 Å². The molecule has 18 heavy (non-hydrogen) atoms. The fourth-order valence-electron chi connectivity index (χ4n) is 3.62. The van der Waals surface area contributed by atoms with Crippen molar-refractivity contribution < 1.29 is 5.11 Å². The van der Waals surface area contributed by atoms with Gasteiger partial charge in [0, 0.05) is 6.04 Å². The molecule has 0 saturated heterocycles. The third-order valence-electron chi connectivity index (χ3n) is 5.07. The zero-order valence-electron chi connectivity index (χ0n) is 12.0. The maximum Gasteiger partial charge on any atom is 0.0693 e. The van der Waals surface area contributed by atoms with Gasteiger partial charge >= 0.3 is 0 Å². The van der Waals surface area contributed by atoms with Crippen LogP contribution in [0.5, 0.6) is 0 Å². The third-order valence-corrected chi connectivity index (χ3v) is 5.07. The SMILES string of the molecule is CC1CCC(CCNC2CCCCCC2O)CC1. The van der Waals surface area contributed by atoms with E-state index in [1.165, 1.54) is 57.8 Å². The van der Waals surface area contributed by atoms with Gasteiger partial charge in [0.1, 0.15) is 0 Å². The van der Waals surface area contributed by atoms with E-state index in [4.69, 9.17) is 0 Å². The first-order chi connectivity index (χ1) is 8.75. The van der Waals surface area contributed by atoms with Crippen LogP contribution in [0.15, 0.2) is 0 Å². The first-order valence-corrected chi connectivity index (χ1v) is 8.17. The summed E-state index contributed by atoms with van der Waals surface area (Å²) in [7, 11) is 0. The molecular weight excluding hydrogens is 222 g/mol. The van der Waals surface area contributed by atoms with Crippen LogP contribution in [0.25, 0.3) is 0 Å². The van der Waals surface area contributed by atoms with Crippen molar-refractivity contribution in [3.05, 3.63) is 0 Å². The number of hydrogen-bond acceptors (Lipinski definition) is 2. The zero-order valence-corrected chi connectivity index (χ0v) is 12.0. The molecule has 2 rings (SSSR count). The summed E-state index contributed by atoms with van der Waals surface area (Å²) < 4.78 is 0. The summed E-state index contributed by atoms with van der Waals surface area (Å²) in [5.41, 5.74) is 0. The van der Waals surface area contributed by atoms with Crippen molar-refractivity contribution in [3.8, 4) is 0 Å². The van der Waals surface area contributed by atoms with Crippen LogP contribution in [0.3, 0.4) is 0 Å². The van der Waals surface area contributed by atoms with Gasteiger partial charge in [0.2, 0.25) is 0 Å². The topological polar surface area (TPSA) is 32.3 Å². The standard InChI is InChI=1S/C16H31NO/c1-13-7-9-14(10-8-13)11-12-17-15-5-3-2-4-6-16(15)18/h13-18H,2-12H2,1H3. The minimum atomic E-state index is -0.0983. The molecule has 2 heteroatoms. The van der Waals surface area contributed by atoms with E-state index in [0.29, 0.717) is 6.04 Å². The summed E-state index contributed by atoms with van der Waals surface area (Å²) in [4.78, 5) is 0. The van der Waals surface area contributed by atoms with Gasteiger partial charge in [-0.3, -0.25) is 0 Å². The monoisotopic (exact) mass is 253 g/mol. The highest BCUT2D eigenvalue weighted by atomic mass is 16.3. The predicted molar refractivity (Wildman–Crippen MR) is 76.6 cm³/mol. The van der Waals surface area contributed by atoms with Gasteiger partial charge in [0.25, 0.3) is 0 Å². The lowest BCUT2D eigenvalue weighted by Gasteiger charge is -2.27. The second kappa shape index (κ2) is 7.49. The molecule has 0 spiro atoms. The number of aliphatic hydroxyl groups is 1. The Morgan fingerprint density at radius 2 is 1.67 bits per heavy atom. The molecule has 2 aliphatic carbocycles. The number of hydrogen-bond donors (Lipinski definition) is 2. The van der Waals surface area contributed by atoms with E-state index in [9.17, 15) is 5.11 Å². The molecule has 0 heterocycles. The highest BCUT2D eigenvalue weighted by Gasteiger charge is 2.22. The van der Waals surface area contributed by atoms with Gasteiger partial charge in [-0.25, -0.2) is 0 Å². The number of nitrogens with one attached hydrogen (secondary N) is 1. The Hall–Kier alpha value is -0.0800. The maximum absolute atomic E-state index is 10.1. The van der Waals surface area contributed by atoms with E-state index in [2.05, 4.69) is 12.2 Å². The Morgan fingerprint density at radius 1 is 0.944 bits per heavy atom. The minimum Gasteiger partial charge on any atom is -0.392 e. The van der Waals surface area contributed by atoms with Gasteiger partial charge in [-0.05, 0) is 37.6 Å². The molecule has 2 nitrogen and oxygen atoms in total. The normalized spacial score (nSPS) is 38.3. The lowest BCUT2D eigenvalue weighted by atomic mass is 9.81. The molecule has 0 aliphatic heterocycles. The Bertz CT molecular complexity index is 223. The second-order valence-electron chi connectivity index (χ2n) is 6.68. The zero-order chi connectivity index (χ0) is 12.8. The highest BCUT2D eigenvalue weighted by molar-refractivity contribution is 4.79. The van der Waals surface area contributed by atoms with Gasteiger partial charge < -0.3 is 10.4 Å². The summed E-state index contributed by atoms with van der Waals surface area (Å²) in [6, 6.07) is 0.370. The van der Waals surface area contributed by atoms with Crippen molar-refractivity contribution in [2.75, 3.05) is 6.54 Å². The molecule has 0 aromatic rings. The first kappa shape index (κ1) is 14.3. The summed E-state index contributed by atoms with van der Waals surface area (Å²) >= 11 is 0. The summed E-state index contributed by atoms with van der Waals surface area (Å²) in [6.45, 7) is 3.50. The molecule has 2 unspecified atom stereocenters. The van der Waals surface area contributed by atoms with Crippen LogP contribution in [0.2, 0.25) is 0 Å². The van der Waals surface area contributed by atoms with Crippen molar-refractivity contribution in [2.24, 2.45) is 11.8 Å². The minimum absolute atomic E-state index is 0.0983. The molecule has 0 radical (unpaired) electrons. The molecular formula is C16H31NO. The molecule has 2 aliphatic rings. The van der Waals surface area contributed by atoms with Crippen LogP contribution in [0.1, 0.15) is 71.1 Å². The summed E-state index contributed by atoms with van der Waals surface area (Å²) in [6.07, 6.45) is 12.9. The van der Waals surface area contributed by atoms with Gasteiger partial charge in [-0.2, -0.15) is 0 Å². The van der Waals surface area contributed by atoms with E-state index >= 15 is 0 Å². The molecule has 106 valence electrons. The van der Waals surface area contributed by atoms with Crippen LogP contribution in [-0.2, 0) is 0 Å². The smallest absolute Gasteiger partial charge is 0.0693 e. The average Bonchev–Trinajstić information content (AvgIpc) is 2.57. The van der Waals surface area contributed by atoms with Crippen molar-refractivity contribution in [1.29, 1.82) is 0 Å². The van der Waals surface area contributed by atoms with E-state index < -0.39 is 0 Å².